The summed E-state index contributed by atoms with van der Waals surface area (Å²) in [7, 11) is 0. The summed E-state index contributed by atoms with van der Waals surface area (Å²) < 4.78 is 19.5. The average Bonchev–Trinajstić information content (AvgIpc) is 3.19. The molecule has 1 aliphatic rings. The van der Waals surface area contributed by atoms with Gasteiger partial charge in [-0.1, -0.05) is 42.1 Å². The molecule has 2 heterocycles. The molecule has 6 heteroatoms. The molecule has 1 atom stereocenters. The van der Waals surface area contributed by atoms with Gasteiger partial charge in [0.2, 0.25) is 0 Å². The second-order valence-corrected chi connectivity index (χ2v) is 7.21. The number of benzene rings is 2. The fraction of sp³-hybridized carbons (Fsp3) is 0.300. The number of halogens is 1. The summed E-state index contributed by atoms with van der Waals surface area (Å²) in [6, 6.07) is 14.7. The van der Waals surface area contributed by atoms with Crippen molar-refractivity contribution in [2.24, 2.45) is 0 Å². The lowest BCUT2D eigenvalue weighted by molar-refractivity contribution is 0.120. The Kier molecular flexibility index (Phi) is 5.32. The van der Waals surface area contributed by atoms with Crippen LogP contribution in [-0.2, 0) is 10.5 Å². The molecule has 134 valence electrons. The van der Waals surface area contributed by atoms with E-state index in [1.165, 1.54) is 17.8 Å². The first-order valence-corrected chi connectivity index (χ1v) is 9.76. The number of rotatable bonds is 6. The molecule has 0 amide bonds. The van der Waals surface area contributed by atoms with E-state index in [0.717, 1.165) is 42.7 Å². The van der Waals surface area contributed by atoms with Crippen molar-refractivity contribution in [3.05, 3.63) is 59.9 Å². The van der Waals surface area contributed by atoms with Gasteiger partial charge in [0.1, 0.15) is 11.6 Å². The Labute approximate surface area is 156 Å². The number of hydrogen-bond acceptors (Lipinski definition) is 5. The van der Waals surface area contributed by atoms with Crippen LogP contribution in [-0.4, -0.2) is 29.2 Å². The Bertz CT molecular complexity index is 899. The monoisotopic (exact) mass is 369 g/mol. The smallest absolute Gasteiger partial charge is 0.190 e. The SMILES string of the molecule is Fc1ccccc1CSc1nc(NC[C@H]2CCCO2)c2ccccc2n1. The molecule has 2 aromatic carbocycles. The minimum absolute atomic E-state index is 0.197. The number of hydrogen-bond donors (Lipinski definition) is 1. The van der Waals surface area contributed by atoms with Crippen LogP contribution < -0.4 is 5.32 Å². The van der Waals surface area contributed by atoms with Crippen molar-refractivity contribution in [2.45, 2.75) is 29.9 Å². The molecule has 3 aromatic rings. The second kappa shape index (κ2) is 8.01. The van der Waals surface area contributed by atoms with Crippen LogP contribution in [0.15, 0.2) is 53.7 Å². The molecule has 1 aliphatic heterocycles. The minimum Gasteiger partial charge on any atom is -0.376 e. The third kappa shape index (κ3) is 3.97. The molecule has 1 aromatic heterocycles. The van der Waals surface area contributed by atoms with Gasteiger partial charge in [0, 0.05) is 24.3 Å². The maximum atomic E-state index is 13.8. The third-order valence-corrected chi connectivity index (χ3v) is 5.31. The van der Waals surface area contributed by atoms with Gasteiger partial charge in [-0.05, 0) is 36.6 Å². The van der Waals surface area contributed by atoms with Gasteiger partial charge in [-0.25, -0.2) is 14.4 Å². The minimum atomic E-state index is -0.197. The zero-order valence-corrected chi connectivity index (χ0v) is 15.1. The van der Waals surface area contributed by atoms with E-state index in [4.69, 9.17) is 4.74 Å². The summed E-state index contributed by atoms with van der Waals surface area (Å²) >= 11 is 1.44. The molecule has 4 rings (SSSR count). The molecule has 1 N–H and O–H groups in total. The van der Waals surface area contributed by atoms with E-state index >= 15 is 0 Å². The van der Waals surface area contributed by atoms with E-state index in [-0.39, 0.29) is 11.9 Å². The number of para-hydroxylation sites is 1. The van der Waals surface area contributed by atoms with Crippen molar-refractivity contribution in [1.82, 2.24) is 9.97 Å². The normalized spacial score (nSPS) is 16.9. The Morgan fingerprint density at radius 2 is 1.96 bits per heavy atom. The molecule has 26 heavy (non-hydrogen) atoms. The van der Waals surface area contributed by atoms with Crippen LogP contribution in [0.25, 0.3) is 10.9 Å². The number of anilines is 1. The standard InChI is InChI=1S/C20H20FN3OS/c21-17-9-3-1-6-14(17)13-26-20-23-18-10-4-2-8-16(18)19(24-20)22-12-15-7-5-11-25-15/h1-4,6,8-10,15H,5,7,11-13H2,(H,22,23,24)/t15-/m1/s1. The van der Waals surface area contributed by atoms with Crippen LogP contribution in [0, 0.1) is 5.82 Å². The lowest BCUT2D eigenvalue weighted by atomic mass is 10.2. The maximum absolute atomic E-state index is 13.8. The summed E-state index contributed by atoms with van der Waals surface area (Å²) in [5.41, 5.74) is 1.54. The van der Waals surface area contributed by atoms with Crippen LogP contribution in [0.5, 0.6) is 0 Å². The molecule has 1 fully saturated rings. The number of fused-ring (bicyclic) bond motifs is 1. The number of nitrogens with zero attached hydrogens (tertiary/aromatic N) is 2. The Hall–Kier alpha value is -2.18. The first-order valence-electron chi connectivity index (χ1n) is 8.78. The van der Waals surface area contributed by atoms with Gasteiger partial charge >= 0.3 is 0 Å². The van der Waals surface area contributed by atoms with Crippen molar-refractivity contribution < 1.29 is 9.13 Å². The van der Waals surface area contributed by atoms with Crippen molar-refractivity contribution >= 4 is 28.5 Å². The topological polar surface area (TPSA) is 47.0 Å². The maximum Gasteiger partial charge on any atom is 0.190 e. The van der Waals surface area contributed by atoms with Gasteiger partial charge in [-0.3, -0.25) is 0 Å². The summed E-state index contributed by atoms with van der Waals surface area (Å²) in [6.45, 7) is 1.57. The first-order chi connectivity index (χ1) is 12.8. The average molecular weight is 369 g/mol. The summed E-state index contributed by atoms with van der Waals surface area (Å²) in [4.78, 5) is 9.29. The lowest BCUT2D eigenvalue weighted by Crippen LogP contribution is -2.19. The highest BCUT2D eigenvalue weighted by atomic mass is 32.2. The van der Waals surface area contributed by atoms with Crippen LogP contribution >= 0.6 is 11.8 Å². The Morgan fingerprint density at radius 1 is 1.12 bits per heavy atom. The van der Waals surface area contributed by atoms with Crippen molar-refractivity contribution in [3.8, 4) is 0 Å². The Balaban J connectivity index is 1.55. The van der Waals surface area contributed by atoms with E-state index in [2.05, 4.69) is 15.3 Å². The van der Waals surface area contributed by atoms with Crippen LogP contribution in [0.4, 0.5) is 10.2 Å². The predicted molar refractivity (Wildman–Crippen MR) is 103 cm³/mol. The van der Waals surface area contributed by atoms with Gasteiger partial charge in [0.05, 0.1) is 11.6 Å². The fourth-order valence-electron chi connectivity index (χ4n) is 3.03. The van der Waals surface area contributed by atoms with Crippen molar-refractivity contribution in [2.75, 3.05) is 18.5 Å². The molecule has 1 saturated heterocycles. The molecule has 0 saturated carbocycles. The number of ether oxygens (including phenoxy) is 1. The lowest BCUT2D eigenvalue weighted by Gasteiger charge is -2.14. The van der Waals surface area contributed by atoms with E-state index in [0.29, 0.717) is 16.5 Å². The van der Waals surface area contributed by atoms with E-state index in [1.807, 2.05) is 30.3 Å². The highest BCUT2D eigenvalue weighted by Crippen LogP contribution is 2.27. The molecule has 0 spiro atoms. The largest absolute Gasteiger partial charge is 0.376 e. The van der Waals surface area contributed by atoms with Gasteiger partial charge in [0.25, 0.3) is 0 Å². The number of thioether (sulfide) groups is 1. The second-order valence-electron chi connectivity index (χ2n) is 6.27. The van der Waals surface area contributed by atoms with Gasteiger partial charge in [-0.2, -0.15) is 0 Å². The summed E-state index contributed by atoms with van der Waals surface area (Å²) in [5, 5.41) is 5.04. The van der Waals surface area contributed by atoms with E-state index < -0.39 is 0 Å². The fourth-order valence-corrected chi connectivity index (χ4v) is 3.87. The highest BCUT2D eigenvalue weighted by Gasteiger charge is 2.16. The van der Waals surface area contributed by atoms with Crippen molar-refractivity contribution in [3.63, 3.8) is 0 Å². The molecule has 0 radical (unpaired) electrons. The van der Waals surface area contributed by atoms with E-state index in [9.17, 15) is 4.39 Å². The van der Waals surface area contributed by atoms with E-state index in [1.54, 1.807) is 12.1 Å². The quantitative estimate of drug-likeness (QED) is 0.506. The van der Waals surface area contributed by atoms with Crippen molar-refractivity contribution in [1.29, 1.82) is 0 Å². The molecule has 0 aliphatic carbocycles. The predicted octanol–water partition coefficient (Wildman–Crippen LogP) is 4.65. The van der Waals surface area contributed by atoms with Crippen LogP contribution in [0.2, 0.25) is 0 Å². The van der Waals surface area contributed by atoms with Crippen LogP contribution in [0.3, 0.4) is 0 Å². The molecule has 0 bridgehead atoms. The highest BCUT2D eigenvalue weighted by molar-refractivity contribution is 7.98. The Morgan fingerprint density at radius 3 is 2.81 bits per heavy atom. The zero-order chi connectivity index (χ0) is 17.8. The van der Waals surface area contributed by atoms with Crippen LogP contribution in [0.1, 0.15) is 18.4 Å². The molecule has 4 nitrogen and oxygen atoms in total. The number of aromatic nitrogens is 2. The van der Waals surface area contributed by atoms with Gasteiger partial charge < -0.3 is 10.1 Å². The third-order valence-electron chi connectivity index (χ3n) is 4.42. The summed E-state index contributed by atoms with van der Waals surface area (Å²) in [5.74, 6) is 1.11. The molecular weight excluding hydrogens is 349 g/mol. The first kappa shape index (κ1) is 17.2. The summed E-state index contributed by atoms with van der Waals surface area (Å²) in [6.07, 6.45) is 2.42. The van der Waals surface area contributed by atoms with Gasteiger partial charge in [-0.15, -0.1) is 0 Å². The molecule has 0 unspecified atom stereocenters. The molecular formula is C20H20FN3OS. The van der Waals surface area contributed by atoms with Gasteiger partial charge in [0.15, 0.2) is 5.16 Å². The number of nitrogens with one attached hydrogen (secondary N) is 1. The zero-order valence-electron chi connectivity index (χ0n) is 14.3.